The van der Waals surface area contributed by atoms with Gasteiger partial charge in [0.2, 0.25) is 0 Å². The Morgan fingerprint density at radius 2 is 1.09 bits per heavy atom. The standard InChI is InChI=1S/C59H45N5/c1-60-58(62-59(45-24-11-5-12-25-45)61-41-42-20-7-3-8-21-42)47-27-17-26-46(40-47)51-32-19-35-55-57(51)52-30-15-16-33-53(52)64(55)49-38-36-43(37-39-49)50-31-18-34-54(56(50)44-22-9-4-10-23-44)63(2)48-28-13-6-14-29-48/h3-40H,1,41H2,2H3. The zero-order chi connectivity index (χ0) is 43.2. The molecule has 1 aromatic heterocycles. The van der Waals surface area contributed by atoms with Gasteiger partial charge in [-0.2, -0.15) is 0 Å². The van der Waals surface area contributed by atoms with Crippen LogP contribution in [0.4, 0.5) is 11.4 Å². The predicted octanol–water partition coefficient (Wildman–Crippen LogP) is 14.6. The van der Waals surface area contributed by atoms with Crippen LogP contribution in [-0.2, 0) is 6.54 Å². The number of hydrogen-bond acceptors (Lipinski definition) is 2. The van der Waals surface area contributed by atoms with E-state index >= 15 is 0 Å². The molecule has 0 N–H and O–H groups in total. The first-order valence-electron chi connectivity index (χ1n) is 21.5. The number of hydrogen-bond donors (Lipinski definition) is 0. The van der Waals surface area contributed by atoms with Crippen molar-refractivity contribution in [3.05, 3.63) is 247 Å². The molecule has 0 spiro atoms. The molecular formula is C59H45N5. The monoisotopic (exact) mass is 823 g/mol. The average Bonchev–Trinajstić information content (AvgIpc) is 3.72. The molecule has 0 bridgehead atoms. The summed E-state index contributed by atoms with van der Waals surface area (Å²) < 4.78 is 2.38. The molecule has 1 heterocycles. The number of nitrogens with zero attached hydrogens (tertiary/aromatic N) is 5. The largest absolute Gasteiger partial charge is 0.344 e. The fourth-order valence-corrected chi connectivity index (χ4v) is 8.73. The number of fused-ring (bicyclic) bond motifs is 3. The molecule has 9 aromatic carbocycles. The van der Waals surface area contributed by atoms with Crippen LogP contribution >= 0.6 is 0 Å². The van der Waals surface area contributed by atoms with Crippen LogP contribution in [0.3, 0.4) is 0 Å². The Morgan fingerprint density at radius 3 is 1.84 bits per heavy atom. The number of anilines is 2. The van der Waals surface area contributed by atoms with E-state index in [4.69, 9.17) is 9.98 Å². The first-order chi connectivity index (χ1) is 31.6. The minimum Gasteiger partial charge on any atom is -0.344 e. The van der Waals surface area contributed by atoms with E-state index in [0.717, 1.165) is 61.5 Å². The Kier molecular flexibility index (Phi) is 11.1. The van der Waals surface area contributed by atoms with E-state index in [0.29, 0.717) is 18.2 Å². The number of benzene rings is 9. The molecule has 0 saturated heterocycles. The summed E-state index contributed by atoms with van der Waals surface area (Å²) in [6, 6.07) is 80.9. The maximum Gasteiger partial charge on any atom is 0.161 e. The first-order valence-corrected chi connectivity index (χ1v) is 21.5. The molecule has 0 fully saturated rings. The highest BCUT2D eigenvalue weighted by molar-refractivity contribution is 6.17. The van der Waals surface area contributed by atoms with Crippen molar-refractivity contribution in [2.75, 3.05) is 11.9 Å². The molecule has 10 aromatic rings. The minimum absolute atomic E-state index is 0.502. The van der Waals surface area contributed by atoms with Gasteiger partial charge in [0.15, 0.2) is 11.7 Å². The molecule has 0 aliphatic heterocycles. The summed E-state index contributed by atoms with van der Waals surface area (Å²) >= 11 is 0. The van der Waals surface area contributed by atoms with Gasteiger partial charge in [0.05, 0.1) is 17.6 Å². The number of amidine groups is 2. The Morgan fingerprint density at radius 1 is 0.500 bits per heavy atom. The summed E-state index contributed by atoms with van der Waals surface area (Å²) in [5.41, 5.74) is 15.4. The Hall–Kier alpha value is -8.41. The van der Waals surface area contributed by atoms with E-state index in [9.17, 15) is 0 Å². The third-order valence-electron chi connectivity index (χ3n) is 11.8. The summed E-state index contributed by atoms with van der Waals surface area (Å²) in [5, 5.41) is 2.36. The van der Waals surface area contributed by atoms with Gasteiger partial charge < -0.3 is 9.47 Å². The molecule has 0 saturated carbocycles. The van der Waals surface area contributed by atoms with Gasteiger partial charge in [-0.1, -0.05) is 182 Å². The summed E-state index contributed by atoms with van der Waals surface area (Å²) in [6.07, 6.45) is 0. The zero-order valence-electron chi connectivity index (χ0n) is 35.6. The van der Waals surface area contributed by atoms with Crippen LogP contribution < -0.4 is 4.90 Å². The molecule has 10 rings (SSSR count). The topological polar surface area (TPSA) is 45.2 Å². The molecule has 0 radical (unpaired) electrons. The Balaban J connectivity index is 1.05. The van der Waals surface area contributed by atoms with Gasteiger partial charge in [-0.05, 0) is 88.6 Å². The third-order valence-corrected chi connectivity index (χ3v) is 11.8. The SMILES string of the molecule is C=NC(=NC(=NCc1ccccc1)c1ccccc1)c1cccc(-c2cccc3c2c2ccccc2n3-c2ccc(-c3cccc(N(C)c4ccccc4)c3-c3ccccc3)cc2)c1. The number of aliphatic imine (C=N–C) groups is 3. The molecule has 0 unspecified atom stereocenters. The molecule has 64 heavy (non-hydrogen) atoms. The smallest absolute Gasteiger partial charge is 0.161 e. The van der Waals surface area contributed by atoms with Crippen molar-refractivity contribution < 1.29 is 0 Å². The van der Waals surface area contributed by atoms with Crippen LogP contribution in [-0.4, -0.2) is 30.0 Å². The number of para-hydroxylation sites is 2. The summed E-state index contributed by atoms with van der Waals surface area (Å²) in [7, 11) is 2.14. The maximum atomic E-state index is 5.05. The first kappa shape index (κ1) is 39.7. The van der Waals surface area contributed by atoms with Crippen molar-refractivity contribution in [2.45, 2.75) is 6.54 Å². The third kappa shape index (κ3) is 7.83. The Labute approximate surface area is 374 Å². The van der Waals surface area contributed by atoms with E-state index in [1.807, 2.05) is 54.6 Å². The van der Waals surface area contributed by atoms with Gasteiger partial charge in [-0.15, -0.1) is 0 Å². The van der Waals surface area contributed by atoms with Crippen LogP contribution in [0.15, 0.2) is 245 Å². The normalized spacial score (nSPS) is 11.8. The van der Waals surface area contributed by atoms with E-state index in [1.165, 1.54) is 27.5 Å². The lowest BCUT2D eigenvalue weighted by atomic mass is 9.92. The highest BCUT2D eigenvalue weighted by Gasteiger charge is 2.19. The van der Waals surface area contributed by atoms with Crippen molar-refractivity contribution in [3.63, 3.8) is 0 Å². The maximum absolute atomic E-state index is 5.05. The summed E-state index contributed by atoms with van der Waals surface area (Å²) in [6.45, 7) is 4.46. The van der Waals surface area contributed by atoms with Crippen LogP contribution in [0.5, 0.6) is 0 Å². The molecule has 0 aliphatic carbocycles. The molecule has 5 nitrogen and oxygen atoms in total. The number of aromatic nitrogens is 1. The minimum atomic E-state index is 0.502. The van der Waals surface area contributed by atoms with Crippen molar-refractivity contribution in [1.82, 2.24) is 4.57 Å². The van der Waals surface area contributed by atoms with E-state index in [2.05, 4.69) is 204 Å². The molecule has 0 aliphatic rings. The molecular weight excluding hydrogens is 779 g/mol. The van der Waals surface area contributed by atoms with Crippen LogP contribution in [0.2, 0.25) is 0 Å². The predicted molar refractivity (Wildman–Crippen MR) is 271 cm³/mol. The van der Waals surface area contributed by atoms with Gasteiger partial charge >= 0.3 is 0 Å². The van der Waals surface area contributed by atoms with Gasteiger partial charge in [0, 0.05) is 51.6 Å². The fourth-order valence-electron chi connectivity index (χ4n) is 8.73. The van der Waals surface area contributed by atoms with Gasteiger partial charge in [-0.3, -0.25) is 4.99 Å². The lowest BCUT2D eigenvalue weighted by Gasteiger charge is -2.25. The second-order valence-electron chi connectivity index (χ2n) is 15.7. The van der Waals surface area contributed by atoms with Crippen molar-refractivity contribution in [3.8, 4) is 39.1 Å². The molecule has 306 valence electrons. The lowest BCUT2D eigenvalue weighted by molar-refractivity contribution is 1.06. The van der Waals surface area contributed by atoms with E-state index < -0.39 is 0 Å². The highest BCUT2D eigenvalue weighted by atomic mass is 15.1. The van der Waals surface area contributed by atoms with Crippen molar-refractivity contribution >= 4 is 51.6 Å². The summed E-state index contributed by atoms with van der Waals surface area (Å²) in [5.74, 6) is 1.12. The van der Waals surface area contributed by atoms with Crippen molar-refractivity contribution in [1.29, 1.82) is 0 Å². The van der Waals surface area contributed by atoms with Crippen molar-refractivity contribution in [2.24, 2.45) is 15.0 Å². The van der Waals surface area contributed by atoms with E-state index in [1.54, 1.807) is 0 Å². The van der Waals surface area contributed by atoms with Gasteiger partial charge in [0.1, 0.15) is 0 Å². The van der Waals surface area contributed by atoms with Crippen LogP contribution in [0.1, 0.15) is 16.7 Å². The van der Waals surface area contributed by atoms with Crippen LogP contribution in [0.25, 0.3) is 60.9 Å². The molecule has 0 amide bonds. The average molecular weight is 824 g/mol. The molecule has 5 heteroatoms. The van der Waals surface area contributed by atoms with Gasteiger partial charge in [0.25, 0.3) is 0 Å². The fraction of sp³-hybridized carbons (Fsp3) is 0.0339. The van der Waals surface area contributed by atoms with E-state index in [-0.39, 0.29) is 0 Å². The zero-order valence-corrected chi connectivity index (χ0v) is 35.6. The summed E-state index contributed by atoms with van der Waals surface area (Å²) in [4.78, 5) is 16.7. The van der Waals surface area contributed by atoms with Crippen LogP contribution in [0, 0.1) is 0 Å². The van der Waals surface area contributed by atoms with Gasteiger partial charge in [-0.25, -0.2) is 9.98 Å². The highest BCUT2D eigenvalue weighted by Crippen LogP contribution is 2.43. The Bertz CT molecular complexity index is 3300. The lowest BCUT2D eigenvalue weighted by Crippen LogP contribution is -2.11. The second kappa shape index (κ2) is 17.9. The number of rotatable bonds is 10. The molecule has 0 atom stereocenters. The second-order valence-corrected chi connectivity index (χ2v) is 15.7. The quantitative estimate of drug-likeness (QED) is 0.100.